The molecular formula is C20H15FN4OS. The van der Waals surface area contributed by atoms with Crippen molar-refractivity contribution in [2.75, 3.05) is 5.32 Å². The molecule has 1 amide bonds. The van der Waals surface area contributed by atoms with Gasteiger partial charge in [-0.05, 0) is 48.7 Å². The van der Waals surface area contributed by atoms with Gasteiger partial charge in [0.1, 0.15) is 5.82 Å². The molecule has 27 heavy (non-hydrogen) atoms. The van der Waals surface area contributed by atoms with Crippen LogP contribution in [0.25, 0.3) is 16.4 Å². The smallest absolute Gasteiger partial charge is 0.295 e. The number of benzene rings is 2. The normalized spacial score (nSPS) is 10.7. The van der Waals surface area contributed by atoms with E-state index in [0.29, 0.717) is 17.2 Å². The number of nitrogens with zero attached hydrogens (tertiary/aromatic N) is 3. The van der Waals surface area contributed by atoms with Gasteiger partial charge in [0.05, 0.1) is 10.6 Å². The molecule has 2 aromatic heterocycles. The third-order valence-electron chi connectivity index (χ3n) is 3.91. The minimum atomic E-state index is -0.424. The number of halogens is 1. The zero-order chi connectivity index (χ0) is 18.8. The summed E-state index contributed by atoms with van der Waals surface area (Å²) in [6.07, 6.45) is 0. The van der Waals surface area contributed by atoms with E-state index in [0.717, 1.165) is 10.4 Å². The maximum atomic E-state index is 13.7. The molecule has 4 rings (SSSR count). The number of hydrogen-bond donors (Lipinski definition) is 1. The molecule has 0 saturated heterocycles. The van der Waals surface area contributed by atoms with Crippen molar-refractivity contribution in [3.05, 3.63) is 83.2 Å². The zero-order valence-electron chi connectivity index (χ0n) is 14.4. The van der Waals surface area contributed by atoms with Crippen molar-refractivity contribution in [1.82, 2.24) is 14.8 Å². The van der Waals surface area contributed by atoms with Crippen LogP contribution in [0.4, 0.5) is 10.1 Å². The van der Waals surface area contributed by atoms with Gasteiger partial charge in [-0.25, -0.2) is 14.1 Å². The lowest BCUT2D eigenvalue weighted by Gasteiger charge is -2.04. The van der Waals surface area contributed by atoms with E-state index in [4.69, 9.17) is 0 Å². The summed E-state index contributed by atoms with van der Waals surface area (Å²) in [5.74, 6) is -0.300. The van der Waals surface area contributed by atoms with Crippen LogP contribution in [0.15, 0.2) is 66.0 Å². The molecule has 4 aromatic rings. The molecule has 0 radical (unpaired) electrons. The number of hydrogen-bond acceptors (Lipinski definition) is 4. The van der Waals surface area contributed by atoms with Crippen LogP contribution in [0, 0.1) is 12.7 Å². The highest BCUT2D eigenvalue weighted by molar-refractivity contribution is 7.13. The molecule has 2 aromatic carbocycles. The average Bonchev–Trinajstić information content (AvgIpc) is 3.33. The maximum Gasteiger partial charge on any atom is 0.295 e. The molecule has 0 aliphatic heterocycles. The molecule has 0 unspecified atom stereocenters. The van der Waals surface area contributed by atoms with Gasteiger partial charge in [0.15, 0.2) is 5.82 Å². The van der Waals surface area contributed by atoms with Crippen molar-refractivity contribution < 1.29 is 9.18 Å². The molecule has 1 N–H and O–H groups in total. The summed E-state index contributed by atoms with van der Waals surface area (Å²) in [5, 5.41) is 9.02. The first-order valence-corrected chi connectivity index (χ1v) is 9.13. The number of carbonyl (C=O) groups is 1. The van der Waals surface area contributed by atoms with Crippen LogP contribution in [0.3, 0.4) is 0 Å². The van der Waals surface area contributed by atoms with Crippen LogP contribution in [0.2, 0.25) is 0 Å². The van der Waals surface area contributed by atoms with Gasteiger partial charge in [-0.3, -0.25) is 4.79 Å². The predicted molar refractivity (Wildman–Crippen MR) is 104 cm³/mol. The van der Waals surface area contributed by atoms with Crippen LogP contribution in [0.1, 0.15) is 16.2 Å². The second-order valence-electron chi connectivity index (χ2n) is 5.95. The molecule has 0 aliphatic rings. The van der Waals surface area contributed by atoms with Crippen molar-refractivity contribution in [2.24, 2.45) is 0 Å². The third-order valence-corrected chi connectivity index (χ3v) is 4.78. The highest BCUT2D eigenvalue weighted by Gasteiger charge is 2.19. The Morgan fingerprint density at radius 2 is 1.93 bits per heavy atom. The van der Waals surface area contributed by atoms with Gasteiger partial charge in [0.25, 0.3) is 5.91 Å². The van der Waals surface area contributed by atoms with Crippen LogP contribution >= 0.6 is 11.3 Å². The van der Waals surface area contributed by atoms with E-state index in [1.54, 1.807) is 12.1 Å². The molecule has 2 heterocycles. The topological polar surface area (TPSA) is 59.8 Å². The van der Waals surface area contributed by atoms with Gasteiger partial charge in [-0.15, -0.1) is 16.4 Å². The number of aryl methyl sites for hydroxylation is 1. The Kier molecular flexibility index (Phi) is 4.52. The van der Waals surface area contributed by atoms with E-state index >= 15 is 0 Å². The van der Waals surface area contributed by atoms with Gasteiger partial charge in [0, 0.05) is 5.69 Å². The van der Waals surface area contributed by atoms with Crippen LogP contribution in [0.5, 0.6) is 0 Å². The molecule has 0 bridgehead atoms. The SMILES string of the molecule is Cc1ccc(NC(=O)c2nc(-c3cccs3)n(-c3cccc(F)c3)n2)cc1. The molecule has 0 aliphatic carbocycles. The minimum absolute atomic E-state index is 0.0169. The third kappa shape index (κ3) is 3.63. The Morgan fingerprint density at radius 3 is 2.63 bits per heavy atom. The number of aromatic nitrogens is 3. The number of nitrogens with one attached hydrogen (secondary N) is 1. The molecule has 0 atom stereocenters. The summed E-state index contributed by atoms with van der Waals surface area (Å²) < 4.78 is 15.2. The Labute approximate surface area is 159 Å². The van der Waals surface area contributed by atoms with Gasteiger partial charge < -0.3 is 5.32 Å². The summed E-state index contributed by atoms with van der Waals surface area (Å²) in [6, 6.07) is 17.2. The summed E-state index contributed by atoms with van der Waals surface area (Å²) >= 11 is 1.47. The summed E-state index contributed by atoms with van der Waals surface area (Å²) in [4.78, 5) is 17.8. The second-order valence-corrected chi connectivity index (χ2v) is 6.90. The number of carbonyl (C=O) groups excluding carboxylic acids is 1. The first-order valence-electron chi connectivity index (χ1n) is 8.25. The monoisotopic (exact) mass is 378 g/mol. The Morgan fingerprint density at radius 1 is 1.11 bits per heavy atom. The van der Waals surface area contributed by atoms with E-state index in [1.165, 1.54) is 28.2 Å². The first-order chi connectivity index (χ1) is 13.1. The van der Waals surface area contributed by atoms with E-state index in [-0.39, 0.29) is 11.6 Å². The predicted octanol–water partition coefficient (Wildman–Crippen LogP) is 4.70. The van der Waals surface area contributed by atoms with Crippen molar-refractivity contribution in [2.45, 2.75) is 6.92 Å². The summed E-state index contributed by atoms with van der Waals surface area (Å²) in [5.41, 5.74) is 2.26. The highest BCUT2D eigenvalue weighted by Crippen LogP contribution is 2.26. The van der Waals surface area contributed by atoms with Gasteiger partial charge >= 0.3 is 0 Å². The number of amides is 1. The average molecular weight is 378 g/mol. The standard InChI is InChI=1S/C20H15FN4OS/c1-13-7-9-15(10-8-13)22-20(26)18-23-19(17-6-3-11-27-17)25(24-18)16-5-2-4-14(21)12-16/h2-12H,1H3,(H,22,26). The van der Waals surface area contributed by atoms with Gasteiger partial charge in [-0.2, -0.15) is 0 Å². The summed E-state index contributed by atoms with van der Waals surface area (Å²) in [7, 11) is 0. The van der Waals surface area contributed by atoms with Gasteiger partial charge in [0.2, 0.25) is 5.82 Å². The van der Waals surface area contributed by atoms with E-state index < -0.39 is 5.91 Å². The molecule has 0 fully saturated rings. The van der Waals surface area contributed by atoms with Crippen LogP contribution < -0.4 is 5.32 Å². The van der Waals surface area contributed by atoms with Crippen LogP contribution in [-0.4, -0.2) is 20.7 Å². The maximum absolute atomic E-state index is 13.7. The molecule has 0 spiro atoms. The Balaban J connectivity index is 1.72. The zero-order valence-corrected chi connectivity index (χ0v) is 15.2. The lowest BCUT2D eigenvalue weighted by molar-refractivity contribution is 0.101. The quantitative estimate of drug-likeness (QED) is 0.560. The lowest BCUT2D eigenvalue weighted by atomic mass is 10.2. The molecular weight excluding hydrogens is 363 g/mol. The lowest BCUT2D eigenvalue weighted by Crippen LogP contribution is -2.14. The fraction of sp³-hybridized carbons (Fsp3) is 0.0500. The number of rotatable bonds is 4. The number of thiophene rings is 1. The Hall–Kier alpha value is -3.32. The van der Waals surface area contributed by atoms with Crippen LogP contribution in [-0.2, 0) is 0 Å². The molecule has 7 heteroatoms. The van der Waals surface area contributed by atoms with Gasteiger partial charge in [-0.1, -0.05) is 29.8 Å². The fourth-order valence-electron chi connectivity index (χ4n) is 2.59. The van der Waals surface area contributed by atoms with E-state index in [1.807, 2.05) is 48.7 Å². The van der Waals surface area contributed by atoms with Crippen molar-refractivity contribution in [3.8, 4) is 16.4 Å². The Bertz CT molecular complexity index is 1090. The van der Waals surface area contributed by atoms with E-state index in [2.05, 4.69) is 15.4 Å². The summed E-state index contributed by atoms with van der Waals surface area (Å²) in [6.45, 7) is 1.97. The fourth-order valence-corrected chi connectivity index (χ4v) is 3.28. The minimum Gasteiger partial charge on any atom is -0.319 e. The van der Waals surface area contributed by atoms with Crippen molar-refractivity contribution in [1.29, 1.82) is 0 Å². The van der Waals surface area contributed by atoms with E-state index in [9.17, 15) is 9.18 Å². The molecule has 5 nitrogen and oxygen atoms in total. The largest absolute Gasteiger partial charge is 0.319 e. The van der Waals surface area contributed by atoms with Crippen molar-refractivity contribution >= 4 is 22.9 Å². The molecule has 134 valence electrons. The first kappa shape index (κ1) is 17.1. The highest BCUT2D eigenvalue weighted by atomic mass is 32.1. The molecule has 0 saturated carbocycles. The number of anilines is 1. The second kappa shape index (κ2) is 7.13. The van der Waals surface area contributed by atoms with Crippen molar-refractivity contribution in [3.63, 3.8) is 0 Å².